The van der Waals surface area contributed by atoms with Crippen LogP contribution in [0.3, 0.4) is 0 Å². The predicted molar refractivity (Wildman–Crippen MR) is 153 cm³/mol. The van der Waals surface area contributed by atoms with Crippen LogP contribution in [0, 0.1) is 12.7 Å². The van der Waals surface area contributed by atoms with E-state index < -0.39 is 45.8 Å². The highest BCUT2D eigenvalue weighted by atomic mass is 32.2. The first-order chi connectivity index (χ1) is 18.7. The predicted octanol–water partition coefficient (Wildman–Crippen LogP) is 4.67. The van der Waals surface area contributed by atoms with Gasteiger partial charge in [-0.1, -0.05) is 42.0 Å². The van der Waals surface area contributed by atoms with Gasteiger partial charge in [-0.2, -0.15) is 0 Å². The summed E-state index contributed by atoms with van der Waals surface area (Å²) >= 11 is 0. The fourth-order valence-electron chi connectivity index (χ4n) is 4.03. The van der Waals surface area contributed by atoms with E-state index in [4.69, 9.17) is 4.74 Å². The maximum absolute atomic E-state index is 15.0. The van der Waals surface area contributed by atoms with Gasteiger partial charge in [0, 0.05) is 12.1 Å². The Kier molecular flexibility index (Phi) is 9.57. The van der Waals surface area contributed by atoms with Gasteiger partial charge in [0.05, 0.1) is 17.7 Å². The summed E-state index contributed by atoms with van der Waals surface area (Å²) in [6, 6.07) is 17.5. The number of hydrogen-bond acceptors (Lipinski definition) is 5. The van der Waals surface area contributed by atoms with Crippen molar-refractivity contribution in [1.29, 1.82) is 0 Å². The molecule has 3 aromatic rings. The molecule has 0 aliphatic rings. The molecule has 3 aromatic carbocycles. The molecule has 1 atom stereocenters. The second-order valence-electron chi connectivity index (χ2n) is 10.6. The van der Waals surface area contributed by atoms with Crippen LogP contribution in [0.2, 0.25) is 0 Å². The molecule has 40 heavy (non-hydrogen) atoms. The molecule has 0 spiro atoms. The molecule has 0 saturated heterocycles. The highest BCUT2D eigenvalue weighted by Crippen LogP contribution is 2.27. The Morgan fingerprint density at radius 1 is 1.00 bits per heavy atom. The Labute approximate surface area is 235 Å². The quantitative estimate of drug-likeness (QED) is 0.383. The number of carbonyl (C=O) groups is 2. The van der Waals surface area contributed by atoms with E-state index in [0.29, 0.717) is 11.3 Å². The molecule has 0 radical (unpaired) electrons. The highest BCUT2D eigenvalue weighted by molar-refractivity contribution is 7.92. The number of amides is 2. The van der Waals surface area contributed by atoms with Crippen LogP contribution in [0.15, 0.2) is 77.7 Å². The molecule has 0 fully saturated rings. The Morgan fingerprint density at radius 3 is 2.25 bits per heavy atom. The highest BCUT2D eigenvalue weighted by Gasteiger charge is 2.34. The number of rotatable bonds is 10. The van der Waals surface area contributed by atoms with Crippen molar-refractivity contribution in [2.75, 3.05) is 18.0 Å². The zero-order valence-electron chi connectivity index (χ0n) is 23.6. The number of methoxy groups -OCH3 is 1. The topological polar surface area (TPSA) is 96.0 Å². The van der Waals surface area contributed by atoms with Gasteiger partial charge >= 0.3 is 0 Å². The SMILES string of the molecule is COc1cccc(CN(C(=O)CN(c2ccccc2F)S(=O)(=O)c2ccc(C)cc2)[C@@H](C)C(=O)NC(C)(C)C)c1. The second-order valence-corrected chi connectivity index (χ2v) is 12.4. The Hall–Kier alpha value is -3.92. The minimum atomic E-state index is -4.35. The van der Waals surface area contributed by atoms with Gasteiger partial charge in [-0.05, 0) is 76.6 Å². The molecule has 3 rings (SSSR count). The van der Waals surface area contributed by atoms with E-state index in [1.807, 2.05) is 27.7 Å². The molecule has 0 bridgehead atoms. The van der Waals surface area contributed by atoms with E-state index >= 15 is 0 Å². The number of benzene rings is 3. The van der Waals surface area contributed by atoms with Crippen LogP contribution >= 0.6 is 0 Å². The smallest absolute Gasteiger partial charge is 0.264 e. The minimum Gasteiger partial charge on any atom is -0.497 e. The minimum absolute atomic E-state index is 0.00947. The van der Waals surface area contributed by atoms with Crippen LogP contribution in [0.25, 0.3) is 0 Å². The molecule has 10 heteroatoms. The maximum atomic E-state index is 15.0. The molecule has 0 saturated carbocycles. The largest absolute Gasteiger partial charge is 0.497 e. The average molecular weight is 570 g/mol. The third-order valence-electron chi connectivity index (χ3n) is 6.16. The third-order valence-corrected chi connectivity index (χ3v) is 7.94. The van der Waals surface area contributed by atoms with Crippen molar-refractivity contribution in [3.05, 3.63) is 89.7 Å². The summed E-state index contributed by atoms with van der Waals surface area (Å²) in [7, 11) is -2.84. The van der Waals surface area contributed by atoms with Crippen LogP contribution in [0.1, 0.15) is 38.8 Å². The fourth-order valence-corrected chi connectivity index (χ4v) is 5.45. The molecule has 0 heterocycles. The Balaban J connectivity index is 2.06. The van der Waals surface area contributed by atoms with E-state index in [1.54, 1.807) is 43.3 Å². The summed E-state index contributed by atoms with van der Waals surface area (Å²) in [6.45, 7) is 8.11. The molecule has 0 aliphatic carbocycles. The number of carbonyl (C=O) groups excluding carboxylic acids is 2. The lowest BCUT2D eigenvalue weighted by atomic mass is 10.1. The molecular formula is C30H36FN3O5S. The van der Waals surface area contributed by atoms with Gasteiger partial charge in [-0.3, -0.25) is 13.9 Å². The Morgan fingerprint density at radius 2 is 1.65 bits per heavy atom. The third kappa shape index (κ3) is 7.59. The van der Waals surface area contributed by atoms with Gasteiger partial charge in [-0.15, -0.1) is 0 Å². The molecule has 214 valence electrons. The van der Waals surface area contributed by atoms with E-state index in [-0.39, 0.29) is 17.1 Å². The van der Waals surface area contributed by atoms with E-state index in [2.05, 4.69) is 5.32 Å². The fraction of sp³-hybridized carbons (Fsp3) is 0.333. The van der Waals surface area contributed by atoms with Crippen molar-refractivity contribution in [1.82, 2.24) is 10.2 Å². The zero-order valence-corrected chi connectivity index (χ0v) is 24.5. The van der Waals surface area contributed by atoms with Gasteiger partial charge in [0.25, 0.3) is 10.0 Å². The van der Waals surface area contributed by atoms with Gasteiger partial charge in [0.2, 0.25) is 11.8 Å². The molecule has 0 aromatic heterocycles. The summed E-state index contributed by atoms with van der Waals surface area (Å²) in [5, 5.41) is 2.87. The van der Waals surface area contributed by atoms with Crippen molar-refractivity contribution >= 4 is 27.5 Å². The van der Waals surface area contributed by atoms with Crippen molar-refractivity contribution in [2.45, 2.75) is 57.6 Å². The van der Waals surface area contributed by atoms with Crippen LogP contribution in [0.4, 0.5) is 10.1 Å². The van der Waals surface area contributed by atoms with Crippen molar-refractivity contribution in [3.63, 3.8) is 0 Å². The second kappa shape index (κ2) is 12.5. The number of hydrogen-bond donors (Lipinski definition) is 1. The first kappa shape index (κ1) is 30.6. The molecule has 8 nitrogen and oxygen atoms in total. The van der Waals surface area contributed by atoms with E-state index in [0.717, 1.165) is 15.9 Å². The first-order valence-corrected chi connectivity index (χ1v) is 14.3. The molecule has 0 unspecified atom stereocenters. The van der Waals surface area contributed by atoms with Crippen molar-refractivity contribution in [3.8, 4) is 5.75 Å². The number of nitrogens with zero attached hydrogens (tertiary/aromatic N) is 2. The number of nitrogens with one attached hydrogen (secondary N) is 1. The zero-order chi connectivity index (χ0) is 29.7. The molecular weight excluding hydrogens is 533 g/mol. The van der Waals surface area contributed by atoms with Gasteiger partial charge in [0.1, 0.15) is 24.2 Å². The lowest BCUT2D eigenvalue weighted by molar-refractivity contribution is -0.140. The summed E-state index contributed by atoms with van der Waals surface area (Å²) in [4.78, 5) is 28.3. The normalized spacial score (nSPS) is 12.4. The van der Waals surface area contributed by atoms with Crippen LogP contribution in [-0.4, -0.2) is 50.4 Å². The number of ether oxygens (including phenoxy) is 1. The molecule has 0 aliphatic heterocycles. The lowest BCUT2D eigenvalue weighted by Gasteiger charge is -2.33. The number of sulfonamides is 1. The average Bonchev–Trinajstić information content (AvgIpc) is 2.89. The van der Waals surface area contributed by atoms with Crippen molar-refractivity contribution in [2.24, 2.45) is 0 Å². The first-order valence-electron chi connectivity index (χ1n) is 12.8. The van der Waals surface area contributed by atoms with Crippen molar-refractivity contribution < 1.29 is 27.1 Å². The Bertz CT molecular complexity index is 1450. The lowest BCUT2D eigenvalue weighted by Crippen LogP contribution is -2.54. The number of para-hydroxylation sites is 1. The van der Waals surface area contributed by atoms with E-state index in [1.165, 1.54) is 42.3 Å². The standard InChI is InChI=1S/C30H36FN3O5S/c1-21-14-16-25(17-15-21)40(37,38)34(27-13-8-7-12-26(27)31)20-28(35)33(22(2)29(36)32-30(3,4)5)19-23-10-9-11-24(18-23)39-6/h7-18,22H,19-20H2,1-6H3,(H,32,36)/t22-/m0/s1. The van der Waals surface area contributed by atoms with Crippen LogP contribution < -0.4 is 14.4 Å². The monoisotopic (exact) mass is 569 g/mol. The van der Waals surface area contributed by atoms with Gasteiger partial charge in [-0.25, -0.2) is 12.8 Å². The summed E-state index contributed by atoms with van der Waals surface area (Å²) in [5.74, 6) is -1.34. The number of aryl methyl sites for hydroxylation is 1. The summed E-state index contributed by atoms with van der Waals surface area (Å²) < 4.78 is 48.6. The maximum Gasteiger partial charge on any atom is 0.264 e. The molecule has 1 N–H and O–H groups in total. The number of halogens is 1. The number of anilines is 1. The van der Waals surface area contributed by atoms with Crippen LogP contribution in [0.5, 0.6) is 5.75 Å². The van der Waals surface area contributed by atoms with E-state index in [9.17, 15) is 22.4 Å². The summed E-state index contributed by atoms with van der Waals surface area (Å²) in [6.07, 6.45) is 0. The van der Waals surface area contributed by atoms with Gasteiger partial charge in [0.15, 0.2) is 0 Å². The molecule has 2 amide bonds. The van der Waals surface area contributed by atoms with Gasteiger partial charge < -0.3 is 15.0 Å². The summed E-state index contributed by atoms with van der Waals surface area (Å²) in [5.41, 5.74) is 0.673. The van der Waals surface area contributed by atoms with Crippen LogP contribution in [-0.2, 0) is 26.2 Å².